The normalized spacial score (nSPS) is 44.2. The molecule has 5 aliphatic rings. The third kappa shape index (κ3) is 4.33. The molecule has 1 aromatic carbocycles. The SMILES string of the molecule is COc1ccc(N/N=C2\CC[C@]3(C)[C@H]4CCC5[C@H]6[C@H](C(C)C)CCC6(C(=O)O)CC[C@@]5(C)[C@]4(C)CC[C@H]3C2(C)C)cc1Br. The molecular weight excluding hydrogens is 600 g/mol. The number of anilines is 1. The molecule has 238 valence electrons. The van der Waals surface area contributed by atoms with Crippen molar-refractivity contribution in [2.75, 3.05) is 12.5 Å². The van der Waals surface area contributed by atoms with Crippen molar-refractivity contribution in [1.29, 1.82) is 0 Å². The maximum atomic E-state index is 13.0. The minimum atomic E-state index is -0.498. The van der Waals surface area contributed by atoms with Crippen molar-refractivity contribution in [2.24, 2.45) is 67.7 Å². The van der Waals surface area contributed by atoms with E-state index in [0.717, 1.165) is 48.0 Å². The van der Waals surface area contributed by atoms with E-state index in [9.17, 15) is 9.90 Å². The van der Waals surface area contributed by atoms with Gasteiger partial charge < -0.3 is 9.84 Å². The average molecular weight is 656 g/mol. The van der Waals surface area contributed by atoms with Gasteiger partial charge in [-0.05, 0) is 150 Å². The second-order valence-electron chi connectivity index (χ2n) is 16.8. The lowest BCUT2D eigenvalue weighted by atomic mass is 9.32. The number of aliphatic carboxylic acids is 1. The minimum absolute atomic E-state index is 0.0159. The van der Waals surface area contributed by atoms with E-state index in [1.54, 1.807) is 7.11 Å². The van der Waals surface area contributed by atoms with Crippen LogP contribution in [0.3, 0.4) is 0 Å². The van der Waals surface area contributed by atoms with Crippen molar-refractivity contribution in [1.82, 2.24) is 0 Å². The van der Waals surface area contributed by atoms with Crippen molar-refractivity contribution in [3.8, 4) is 5.75 Å². The molecule has 0 saturated heterocycles. The molecule has 6 rings (SSSR count). The number of hydrogen-bond acceptors (Lipinski definition) is 4. The van der Waals surface area contributed by atoms with E-state index >= 15 is 0 Å². The van der Waals surface area contributed by atoms with E-state index in [2.05, 4.69) is 69.8 Å². The fourth-order valence-corrected chi connectivity index (χ4v) is 13.2. The molecule has 0 aliphatic heterocycles. The summed E-state index contributed by atoms with van der Waals surface area (Å²) in [5.41, 5.74) is 5.87. The first-order valence-corrected chi connectivity index (χ1v) is 17.8. The van der Waals surface area contributed by atoms with Gasteiger partial charge in [-0.2, -0.15) is 5.10 Å². The highest BCUT2D eigenvalue weighted by Gasteiger charge is 2.72. The smallest absolute Gasteiger partial charge is 0.309 e. The summed E-state index contributed by atoms with van der Waals surface area (Å²) in [6.07, 6.45) is 11.1. The number of methoxy groups -OCH3 is 1. The van der Waals surface area contributed by atoms with Crippen LogP contribution in [0.25, 0.3) is 0 Å². The molecule has 0 heterocycles. The Bertz CT molecular complexity index is 1310. The highest BCUT2D eigenvalue weighted by atomic mass is 79.9. The van der Waals surface area contributed by atoms with E-state index in [1.165, 1.54) is 37.8 Å². The number of nitrogens with one attached hydrogen (secondary N) is 1. The van der Waals surface area contributed by atoms with Gasteiger partial charge in [-0.25, -0.2) is 0 Å². The first-order valence-electron chi connectivity index (χ1n) is 17.1. The zero-order chi connectivity index (χ0) is 31.2. The lowest BCUT2D eigenvalue weighted by Crippen LogP contribution is -2.66. The molecule has 5 fully saturated rings. The Morgan fingerprint density at radius 1 is 0.977 bits per heavy atom. The second-order valence-corrected chi connectivity index (χ2v) is 17.7. The molecule has 2 N–H and O–H groups in total. The van der Waals surface area contributed by atoms with Crippen LogP contribution in [-0.4, -0.2) is 23.9 Å². The van der Waals surface area contributed by atoms with Gasteiger partial charge in [-0.15, -0.1) is 0 Å². The van der Waals surface area contributed by atoms with Gasteiger partial charge >= 0.3 is 5.97 Å². The number of fused-ring (bicyclic) bond motifs is 7. The molecule has 0 radical (unpaired) electrons. The Kier molecular flexibility index (Phi) is 7.67. The Hall–Kier alpha value is -1.56. The van der Waals surface area contributed by atoms with E-state index in [-0.39, 0.29) is 21.7 Å². The van der Waals surface area contributed by atoms with Gasteiger partial charge in [-0.1, -0.05) is 48.5 Å². The quantitative estimate of drug-likeness (QED) is 0.310. The standard InChI is InChI=1S/C37H55BrN2O3/c1-22(2)24-13-18-37(32(41)42)20-19-35(6)25(31(24)37)10-12-29-34(5)16-15-30(33(3,4)28(34)14-17-36(29,35)7)40-39-23-9-11-27(43-8)26(38)21-23/h9,11,21-22,24-25,28-29,31,39H,10,12-20H2,1-8H3,(H,41,42)/b40-30+/t24-,25?,28-,29+,31+,34-,35+,36+,37?/m0/s1. The highest BCUT2D eigenvalue weighted by Crippen LogP contribution is 2.77. The van der Waals surface area contributed by atoms with E-state index in [1.807, 2.05) is 18.2 Å². The van der Waals surface area contributed by atoms with Crippen LogP contribution in [-0.2, 0) is 4.79 Å². The molecule has 43 heavy (non-hydrogen) atoms. The maximum absolute atomic E-state index is 13.0. The molecule has 2 unspecified atom stereocenters. The van der Waals surface area contributed by atoms with Crippen LogP contribution >= 0.6 is 15.9 Å². The van der Waals surface area contributed by atoms with Gasteiger partial charge in [-0.3, -0.25) is 10.2 Å². The molecule has 9 atom stereocenters. The summed E-state index contributed by atoms with van der Waals surface area (Å²) in [4.78, 5) is 13.0. The van der Waals surface area contributed by atoms with Crippen molar-refractivity contribution in [3.63, 3.8) is 0 Å². The number of carboxylic acid groups (broad SMARTS) is 1. The van der Waals surface area contributed by atoms with Gasteiger partial charge in [0.1, 0.15) is 5.75 Å². The molecule has 0 spiro atoms. The highest BCUT2D eigenvalue weighted by molar-refractivity contribution is 9.10. The van der Waals surface area contributed by atoms with E-state index < -0.39 is 11.4 Å². The first kappa shape index (κ1) is 31.4. The van der Waals surface area contributed by atoms with Crippen LogP contribution in [0.15, 0.2) is 27.8 Å². The number of hydrogen-bond donors (Lipinski definition) is 2. The van der Waals surface area contributed by atoms with Gasteiger partial charge in [0.05, 0.1) is 22.7 Å². The van der Waals surface area contributed by atoms with Gasteiger partial charge in [0, 0.05) is 11.1 Å². The Morgan fingerprint density at radius 2 is 1.72 bits per heavy atom. The minimum Gasteiger partial charge on any atom is -0.496 e. The molecule has 5 aliphatic carbocycles. The summed E-state index contributed by atoms with van der Waals surface area (Å²) < 4.78 is 6.33. The predicted molar refractivity (Wildman–Crippen MR) is 178 cm³/mol. The molecule has 1 aromatic rings. The Balaban J connectivity index is 1.29. The lowest BCUT2D eigenvalue weighted by molar-refractivity contribution is -0.232. The van der Waals surface area contributed by atoms with Crippen molar-refractivity contribution in [3.05, 3.63) is 22.7 Å². The summed E-state index contributed by atoms with van der Waals surface area (Å²) in [6.45, 7) is 17.5. The summed E-state index contributed by atoms with van der Waals surface area (Å²) >= 11 is 3.61. The summed E-state index contributed by atoms with van der Waals surface area (Å²) in [6, 6.07) is 6.02. The van der Waals surface area contributed by atoms with Crippen LogP contribution in [0.1, 0.15) is 113 Å². The number of halogens is 1. The van der Waals surface area contributed by atoms with Gasteiger partial charge in [0.15, 0.2) is 0 Å². The molecule has 0 amide bonds. The number of hydrazone groups is 1. The number of rotatable bonds is 5. The maximum Gasteiger partial charge on any atom is 0.309 e. The zero-order valence-electron chi connectivity index (χ0n) is 27.9. The lowest BCUT2D eigenvalue weighted by Gasteiger charge is -2.72. The Labute approximate surface area is 268 Å². The zero-order valence-corrected chi connectivity index (χ0v) is 29.4. The van der Waals surface area contributed by atoms with Crippen LogP contribution in [0.4, 0.5) is 5.69 Å². The summed E-state index contributed by atoms with van der Waals surface area (Å²) in [5, 5.41) is 15.7. The van der Waals surface area contributed by atoms with Crippen molar-refractivity contribution < 1.29 is 14.6 Å². The molecular formula is C37H55BrN2O3. The fourth-order valence-electron chi connectivity index (χ4n) is 12.6. The van der Waals surface area contributed by atoms with Gasteiger partial charge in [0.2, 0.25) is 0 Å². The van der Waals surface area contributed by atoms with Crippen LogP contribution in [0, 0.1) is 62.6 Å². The average Bonchev–Trinajstić information content (AvgIpc) is 3.34. The molecule has 0 bridgehead atoms. The van der Waals surface area contributed by atoms with Crippen molar-refractivity contribution in [2.45, 2.75) is 113 Å². The van der Waals surface area contributed by atoms with Crippen molar-refractivity contribution >= 4 is 33.3 Å². The number of ether oxygens (including phenoxy) is 1. The third-order valence-corrected chi connectivity index (χ3v) is 15.6. The van der Waals surface area contributed by atoms with Crippen LogP contribution < -0.4 is 10.2 Å². The van der Waals surface area contributed by atoms with Crippen LogP contribution in [0.5, 0.6) is 5.75 Å². The topological polar surface area (TPSA) is 70.9 Å². The fraction of sp³-hybridized carbons (Fsp3) is 0.784. The number of carboxylic acids is 1. The van der Waals surface area contributed by atoms with E-state index in [0.29, 0.717) is 35.5 Å². The Morgan fingerprint density at radius 3 is 2.37 bits per heavy atom. The molecule has 5 nitrogen and oxygen atoms in total. The first-order chi connectivity index (χ1) is 20.2. The van der Waals surface area contributed by atoms with Crippen LogP contribution in [0.2, 0.25) is 0 Å². The number of carbonyl (C=O) groups is 1. The largest absolute Gasteiger partial charge is 0.496 e. The monoisotopic (exact) mass is 654 g/mol. The van der Waals surface area contributed by atoms with E-state index in [4.69, 9.17) is 9.84 Å². The molecule has 0 aromatic heterocycles. The number of nitrogens with zero attached hydrogens (tertiary/aromatic N) is 1. The third-order valence-electron chi connectivity index (χ3n) is 15.0. The second kappa shape index (κ2) is 10.5. The summed E-state index contributed by atoms with van der Waals surface area (Å²) in [7, 11) is 1.69. The summed E-state index contributed by atoms with van der Waals surface area (Å²) in [5.74, 6) is 3.53. The molecule has 6 heteroatoms. The number of benzene rings is 1. The van der Waals surface area contributed by atoms with Gasteiger partial charge in [0.25, 0.3) is 0 Å². The molecule has 5 saturated carbocycles. The predicted octanol–water partition coefficient (Wildman–Crippen LogP) is 10.0.